The maximum atomic E-state index is 14.6. The predicted molar refractivity (Wildman–Crippen MR) is 109 cm³/mol. The number of benzene rings is 2. The van der Waals surface area contributed by atoms with Gasteiger partial charge in [-0.1, -0.05) is 0 Å². The van der Waals surface area contributed by atoms with E-state index in [4.69, 9.17) is 10.3 Å². The van der Waals surface area contributed by atoms with Gasteiger partial charge in [0.15, 0.2) is 0 Å². The first-order valence-electron chi connectivity index (χ1n) is 8.87. The van der Waals surface area contributed by atoms with Gasteiger partial charge >= 0.3 is 6.03 Å². The van der Waals surface area contributed by atoms with E-state index < -0.39 is 54.7 Å². The molecule has 0 saturated heterocycles. The van der Waals surface area contributed by atoms with Crippen molar-refractivity contribution in [2.75, 3.05) is 4.90 Å². The van der Waals surface area contributed by atoms with E-state index in [-0.39, 0.29) is 22.6 Å². The normalized spacial score (nSPS) is 14.4. The molecule has 1 aliphatic heterocycles. The number of carbonyl (C=O) groups is 1. The first-order valence-corrected chi connectivity index (χ1v) is 12.0. The van der Waals surface area contributed by atoms with Crippen LogP contribution in [0.4, 0.5) is 19.3 Å². The molecule has 10 nitrogen and oxygen atoms in total. The van der Waals surface area contributed by atoms with E-state index in [1.54, 1.807) is 0 Å². The van der Waals surface area contributed by atoms with Crippen LogP contribution in [0.1, 0.15) is 11.1 Å². The average Bonchev–Trinajstić information content (AvgIpc) is 2.69. The lowest BCUT2D eigenvalue weighted by molar-refractivity contribution is 0.244. The van der Waals surface area contributed by atoms with Crippen LogP contribution in [0.15, 0.2) is 46.3 Å². The third kappa shape index (κ3) is 3.88. The highest BCUT2D eigenvalue weighted by Crippen LogP contribution is 2.35. The van der Waals surface area contributed by atoms with Gasteiger partial charge in [-0.05, 0) is 30.3 Å². The Bertz CT molecular complexity index is 1490. The quantitative estimate of drug-likeness (QED) is 0.501. The minimum absolute atomic E-state index is 0.0832. The third-order valence-electron chi connectivity index (χ3n) is 4.92. The van der Waals surface area contributed by atoms with Crippen molar-refractivity contribution in [1.29, 1.82) is 0 Å². The van der Waals surface area contributed by atoms with Gasteiger partial charge in [-0.2, -0.15) is 0 Å². The van der Waals surface area contributed by atoms with E-state index in [2.05, 4.69) is 10.3 Å². The zero-order chi connectivity index (χ0) is 23.4. The lowest BCUT2D eigenvalue weighted by Crippen LogP contribution is -2.44. The monoisotopic (exact) mass is 483 g/mol. The van der Waals surface area contributed by atoms with Gasteiger partial charge in [-0.25, -0.2) is 40.7 Å². The van der Waals surface area contributed by atoms with Gasteiger partial charge in [0.1, 0.15) is 11.6 Å². The van der Waals surface area contributed by atoms with Crippen LogP contribution in [-0.4, -0.2) is 27.9 Å². The van der Waals surface area contributed by atoms with Crippen LogP contribution in [-0.2, 0) is 33.1 Å². The minimum Gasteiger partial charge on any atom is -0.333 e. The number of pyridine rings is 1. The molecular weight excluding hydrogens is 468 g/mol. The highest BCUT2D eigenvalue weighted by Gasteiger charge is 2.29. The van der Waals surface area contributed by atoms with Gasteiger partial charge in [0.25, 0.3) is 0 Å². The summed E-state index contributed by atoms with van der Waals surface area (Å²) in [5, 5.41) is 13.0. The molecule has 3 aromatic rings. The molecule has 0 atom stereocenters. The van der Waals surface area contributed by atoms with Crippen molar-refractivity contribution in [2.45, 2.75) is 22.9 Å². The van der Waals surface area contributed by atoms with Crippen LogP contribution in [0.5, 0.6) is 0 Å². The molecule has 4 rings (SSSR count). The molecule has 168 valence electrons. The Kier molecular flexibility index (Phi) is 5.12. The number of carbonyl (C=O) groups excluding carboxylic acids is 1. The molecule has 0 bridgehead atoms. The Morgan fingerprint density at radius 2 is 1.62 bits per heavy atom. The largest absolute Gasteiger partial charge is 0.333 e. The van der Waals surface area contributed by atoms with Crippen molar-refractivity contribution < 1.29 is 30.4 Å². The van der Waals surface area contributed by atoms with Gasteiger partial charge in [-0.15, -0.1) is 0 Å². The number of hydrogen-bond acceptors (Lipinski definition) is 6. The average molecular weight is 483 g/mol. The number of amides is 2. The smallest absolute Gasteiger partial charge is 0.322 e. The van der Waals surface area contributed by atoms with Crippen LogP contribution in [0, 0.1) is 11.6 Å². The highest BCUT2D eigenvalue weighted by atomic mass is 32.2. The number of hydrogen-bond donors (Lipinski definition) is 3. The molecule has 0 aliphatic carbocycles. The van der Waals surface area contributed by atoms with Crippen LogP contribution in [0.3, 0.4) is 0 Å². The number of nitrogens with one attached hydrogen (secondary N) is 1. The molecule has 2 heterocycles. The number of primary sulfonamides is 2. The number of nitrogens with zero attached hydrogens (tertiary/aromatic N) is 2. The molecule has 0 spiro atoms. The third-order valence-corrected chi connectivity index (χ3v) is 6.72. The lowest BCUT2D eigenvalue weighted by atomic mass is 10.1. The molecule has 2 amide bonds. The molecular formula is C18H15F2N5O5S2. The first-order chi connectivity index (χ1) is 14.9. The summed E-state index contributed by atoms with van der Waals surface area (Å²) in [6.07, 6.45) is 1.40. The summed E-state index contributed by atoms with van der Waals surface area (Å²) in [4.78, 5) is 16.9. The molecule has 5 N–H and O–H groups in total. The van der Waals surface area contributed by atoms with E-state index in [0.29, 0.717) is 23.1 Å². The van der Waals surface area contributed by atoms with E-state index in [1.165, 1.54) is 24.4 Å². The second-order valence-electron chi connectivity index (χ2n) is 7.01. The van der Waals surface area contributed by atoms with Gasteiger partial charge in [0, 0.05) is 29.3 Å². The number of fused-ring (bicyclic) bond motifs is 3. The van der Waals surface area contributed by atoms with E-state index >= 15 is 0 Å². The maximum absolute atomic E-state index is 14.6. The topological polar surface area (TPSA) is 166 Å². The number of nitrogens with two attached hydrogens (primary N) is 2. The molecule has 0 fully saturated rings. The number of aromatic nitrogens is 1. The fraction of sp³-hybridized carbons (Fsp3) is 0.111. The van der Waals surface area contributed by atoms with E-state index in [9.17, 15) is 30.4 Å². The molecule has 0 saturated carbocycles. The van der Waals surface area contributed by atoms with Crippen LogP contribution in [0.2, 0.25) is 0 Å². The van der Waals surface area contributed by atoms with Gasteiger partial charge < -0.3 is 5.32 Å². The standard InChI is InChI=1S/C18H15F2N5O5S2/c19-14-3-11(32(22,29)30)4-15(20)13(14)8-25-17-9(7-24-18(25)26)6-23-16-5-10(31(21,27)28)1-2-12(16)17/h1-6H,7-8H2,(H,24,26)(H2,21,27,28)(H2,22,29,30). The molecule has 1 aromatic heterocycles. The van der Waals surface area contributed by atoms with Crippen molar-refractivity contribution in [2.24, 2.45) is 10.3 Å². The number of anilines is 1. The summed E-state index contributed by atoms with van der Waals surface area (Å²) >= 11 is 0. The Hall–Kier alpha value is -3.20. The zero-order valence-corrected chi connectivity index (χ0v) is 17.7. The van der Waals surface area contributed by atoms with Crippen molar-refractivity contribution >= 4 is 42.7 Å². The molecule has 1 aliphatic rings. The van der Waals surface area contributed by atoms with Crippen LogP contribution in [0.25, 0.3) is 10.9 Å². The van der Waals surface area contributed by atoms with E-state index in [0.717, 1.165) is 4.90 Å². The molecule has 32 heavy (non-hydrogen) atoms. The highest BCUT2D eigenvalue weighted by molar-refractivity contribution is 7.89. The van der Waals surface area contributed by atoms with Crippen molar-refractivity contribution in [3.05, 3.63) is 59.3 Å². The van der Waals surface area contributed by atoms with E-state index in [1.807, 2.05) is 0 Å². The zero-order valence-electron chi connectivity index (χ0n) is 16.0. The minimum atomic E-state index is -4.34. The van der Waals surface area contributed by atoms with Gasteiger partial charge in [-0.3, -0.25) is 9.88 Å². The Balaban J connectivity index is 1.86. The predicted octanol–water partition coefficient (Wildman–Crippen LogP) is 1.04. The number of halogens is 2. The summed E-state index contributed by atoms with van der Waals surface area (Å²) in [7, 11) is -8.35. The Morgan fingerprint density at radius 1 is 1.00 bits per heavy atom. The fourth-order valence-electron chi connectivity index (χ4n) is 3.40. The number of sulfonamides is 2. The summed E-state index contributed by atoms with van der Waals surface area (Å²) < 4.78 is 75.3. The second kappa shape index (κ2) is 7.44. The van der Waals surface area contributed by atoms with Gasteiger partial charge in [0.05, 0.1) is 27.5 Å². The second-order valence-corrected chi connectivity index (χ2v) is 10.1. The molecule has 0 unspecified atom stereocenters. The molecule has 2 aromatic carbocycles. The summed E-state index contributed by atoms with van der Waals surface area (Å²) in [6.45, 7) is -0.503. The Labute approximate surface area is 180 Å². The first kappa shape index (κ1) is 22.0. The van der Waals surface area contributed by atoms with Crippen molar-refractivity contribution in [3.8, 4) is 0 Å². The van der Waals surface area contributed by atoms with Gasteiger partial charge in [0.2, 0.25) is 20.0 Å². The Morgan fingerprint density at radius 3 is 2.22 bits per heavy atom. The SMILES string of the molecule is NS(=O)(=O)c1cc(F)c(CN2C(=O)NCc3cnc4cc(S(N)(=O)=O)ccc4c32)c(F)c1. The summed E-state index contributed by atoms with van der Waals surface area (Å²) in [6, 6.07) is 4.31. The van der Waals surface area contributed by atoms with Crippen molar-refractivity contribution in [1.82, 2.24) is 10.3 Å². The fourth-order valence-corrected chi connectivity index (χ4v) is 4.47. The lowest BCUT2D eigenvalue weighted by Gasteiger charge is -2.31. The number of rotatable bonds is 4. The van der Waals surface area contributed by atoms with Crippen LogP contribution < -0.4 is 20.5 Å². The molecule has 14 heteroatoms. The summed E-state index contributed by atoms with van der Waals surface area (Å²) in [5.74, 6) is -2.41. The summed E-state index contributed by atoms with van der Waals surface area (Å²) in [5.41, 5.74) is 0.420. The molecule has 0 radical (unpaired) electrons. The number of urea groups is 1. The maximum Gasteiger partial charge on any atom is 0.322 e. The van der Waals surface area contributed by atoms with Crippen molar-refractivity contribution in [3.63, 3.8) is 0 Å². The van der Waals surface area contributed by atoms with Crippen LogP contribution >= 0.6 is 0 Å².